The predicted octanol–water partition coefficient (Wildman–Crippen LogP) is 1.67. The second-order valence-corrected chi connectivity index (χ2v) is 4.57. The van der Waals surface area contributed by atoms with Crippen molar-refractivity contribution in [2.45, 2.75) is 25.7 Å². The minimum atomic E-state index is -1.07. The van der Waals surface area contributed by atoms with Crippen molar-refractivity contribution in [3.63, 3.8) is 0 Å². The van der Waals surface area contributed by atoms with Crippen molar-refractivity contribution in [1.82, 2.24) is 15.6 Å². The number of allylic oxidation sites excluding steroid dienone is 1. The van der Waals surface area contributed by atoms with Gasteiger partial charge in [-0.25, -0.2) is 14.8 Å². The van der Waals surface area contributed by atoms with E-state index in [9.17, 15) is 4.79 Å². The molecule has 2 heterocycles. The van der Waals surface area contributed by atoms with E-state index in [1.807, 2.05) is 0 Å². The van der Waals surface area contributed by atoms with Gasteiger partial charge >= 0.3 is 6.09 Å². The molecule has 1 aliphatic carbocycles. The number of hydrazine groups is 2. The third-order valence-electron chi connectivity index (χ3n) is 3.06. The molecule has 1 fully saturated rings. The zero-order valence-corrected chi connectivity index (χ0v) is 9.94. The maximum atomic E-state index is 10.9. The van der Waals surface area contributed by atoms with Crippen molar-refractivity contribution in [2.24, 2.45) is 4.99 Å². The predicted molar refractivity (Wildman–Crippen MR) is 64.8 cm³/mol. The highest BCUT2D eigenvalue weighted by Gasteiger charge is 2.33. The van der Waals surface area contributed by atoms with Crippen LogP contribution in [0.25, 0.3) is 0 Å². The maximum absolute atomic E-state index is 10.9. The Kier molecular flexibility index (Phi) is 2.37. The largest absolute Gasteiger partial charge is 0.464 e. The molecule has 6 nitrogen and oxygen atoms in total. The number of aliphatic imine (C=N–C) groups is 1. The number of thiol groups is 1. The fourth-order valence-corrected chi connectivity index (χ4v) is 2.61. The van der Waals surface area contributed by atoms with E-state index >= 15 is 0 Å². The minimum Gasteiger partial charge on any atom is -0.464 e. The lowest BCUT2D eigenvalue weighted by atomic mass is 9.92. The van der Waals surface area contributed by atoms with Crippen LogP contribution in [0.15, 0.2) is 27.6 Å². The Bertz CT molecular complexity index is 483. The summed E-state index contributed by atoms with van der Waals surface area (Å²) in [7, 11) is 0. The molecule has 0 aromatic carbocycles. The Morgan fingerprint density at radius 1 is 1.47 bits per heavy atom. The molecule has 0 aromatic rings. The molecule has 3 rings (SSSR count). The van der Waals surface area contributed by atoms with E-state index < -0.39 is 6.09 Å². The summed E-state index contributed by atoms with van der Waals surface area (Å²) in [5, 5.41) is 12.2. The van der Waals surface area contributed by atoms with E-state index in [0.717, 1.165) is 47.0 Å². The van der Waals surface area contributed by atoms with Gasteiger partial charge in [-0.2, -0.15) is 5.01 Å². The molecular weight excluding hydrogens is 240 g/mol. The Morgan fingerprint density at radius 2 is 2.24 bits per heavy atom. The highest BCUT2D eigenvalue weighted by Crippen LogP contribution is 2.35. The van der Waals surface area contributed by atoms with Crippen molar-refractivity contribution < 1.29 is 9.90 Å². The number of hydrogen-bond acceptors (Lipinski definition) is 5. The average Bonchev–Trinajstić information content (AvgIpc) is 2.74. The number of amides is 1. The molecule has 3 aliphatic rings. The third-order valence-corrected chi connectivity index (χ3v) is 3.53. The molecule has 0 atom stereocenters. The number of nitrogens with zero attached hydrogens (tertiary/aromatic N) is 3. The van der Waals surface area contributed by atoms with E-state index in [1.54, 1.807) is 5.01 Å². The van der Waals surface area contributed by atoms with Crippen LogP contribution in [-0.4, -0.2) is 26.9 Å². The number of rotatable bonds is 0. The average molecular weight is 252 g/mol. The quantitative estimate of drug-likeness (QED) is 0.574. The zero-order chi connectivity index (χ0) is 12.0. The molecule has 7 heteroatoms. The monoisotopic (exact) mass is 252 g/mol. The van der Waals surface area contributed by atoms with Crippen LogP contribution in [0.2, 0.25) is 0 Å². The second kappa shape index (κ2) is 3.78. The van der Waals surface area contributed by atoms with Crippen molar-refractivity contribution in [2.75, 3.05) is 0 Å². The van der Waals surface area contributed by atoms with Gasteiger partial charge in [0.05, 0.1) is 11.2 Å². The molecule has 0 spiro atoms. The summed E-state index contributed by atoms with van der Waals surface area (Å²) in [4.78, 5) is 15.3. The number of fused-ring (bicyclic) bond motifs is 2. The Morgan fingerprint density at radius 3 is 3.00 bits per heavy atom. The van der Waals surface area contributed by atoms with Gasteiger partial charge in [0.2, 0.25) is 0 Å². The Hall–Kier alpha value is -1.47. The molecule has 2 aliphatic heterocycles. The van der Waals surface area contributed by atoms with Crippen molar-refractivity contribution >= 4 is 24.4 Å². The molecule has 2 N–H and O–H groups in total. The smallest absolute Gasteiger partial charge is 0.427 e. The van der Waals surface area contributed by atoms with Gasteiger partial charge in [-0.05, 0) is 25.7 Å². The Labute approximate surface area is 104 Å². The fourth-order valence-electron chi connectivity index (χ4n) is 2.22. The summed E-state index contributed by atoms with van der Waals surface area (Å²) in [5.74, 6) is 0.582. The van der Waals surface area contributed by atoms with Crippen molar-refractivity contribution in [3.05, 3.63) is 22.6 Å². The van der Waals surface area contributed by atoms with Crippen LogP contribution < -0.4 is 5.53 Å². The normalized spacial score (nSPS) is 23.1. The van der Waals surface area contributed by atoms with E-state index in [4.69, 9.17) is 5.11 Å². The van der Waals surface area contributed by atoms with Gasteiger partial charge in [0.25, 0.3) is 0 Å². The molecule has 0 bridgehead atoms. The van der Waals surface area contributed by atoms with Crippen LogP contribution >= 0.6 is 12.6 Å². The summed E-state index contributed by atoms with van der Waals surface area (Å²) in [5.41, 5.74) is 4.87. The van der Waals surface area contributed by atoms with Crippen LogP contribution in [0.1, 0.15) is 25.7 Å². The van der Waals surface area contributed by atoms with Gasteiger partial charge in [-0.15, -0.1) is 18.2 Å². The summed E-state index contributed by atoms with van der Waals surface area (Å²) >= 11 is 4.47. The molecule has 0 unspecified atom stereocenters. The molecule has 0 aromatic heterocycles. The molecule has 1 amide bonds. The summed E-state index contributed by atoms with van der Waals surface area (Å²) in [6.45, 7) is 0. The topological polar surface area (TPSA) is 68.2 Å². The van der Waals surface area contributed by atoms with Gasteiger partial charge in [0.15, 0.2) is 5.82 Å². The van der Waals surface area contributed by atoms with Gasteiger partial charge < -0.3 is 5.11 Å². The van der Waals surface area contributed by atoms with Crippen LogP contribution in [-0.2, 0) is 0 Å². The first-order valence-corrected chi connectivity index (χ1v) is 5.92. The van der Waals surface area contributed by atoms with Gasteiger partial charge in [0, 0.05) is 11.3 Å². The van der Waals surface area contributed by atoms with E-state index in [1.165, 1.54) is 6.20 Å². The number of hydrogen-bond donors (Lipinski definition) is 3. The fraction of sp³-hybridized carbons (Fsp3) is 0.400. The van der Waals surface area contributed by atoms with Crippen LogP contribution in [0, 0.1) is 0 Å². The zero-order valence-electron chi connectivity index (χ0n) is 9.05. The highest BCUT2D eigenvalue weighted by molar-refractivity contribution is 7.84. The molecule has 90 valence electrons. The molecule has 1 saturated carbocycles. The minimum absolute atomic E-state index is 0.582. The standard InChI is InChI=1S/C10H12N4O2S/c15-10(16)13-5-8-11-7-4-2-1-3-6(7)9(17)14(8)12-13/h5,12,17H,1-4H2,(H,15,16). The number of carbonyl (C=O) groups is 1. The lowest BCUT2D eigenvalue weighted by Gasteiger charge is -2.30. The van der Waals surface area contributed by atoms with Gasteiger partial charge in [-0.1, -0.05) is 0 Å². The van der Waals surface area contributed by atoms with E-state index in [2.05, 4.69) is 23.2 Å². The molecule has 0 radical (unpaired) electrons. The Balaban J connectivity index is 1.99. The highest BCUT2D eigenvalue weighted by atomic mass is 32.1. The number of carboxylic acid groups (broad SMARTS) is 1. The van der Waals surface area contributed by atoms with Gasteiger partial charge in [0.1, 0.15) is 0 Å². The maximum Gasteiger partial charge on any atom is 0.427 e. The second-order valence-electron chi connectivity index (χ2n) is 4.14. The van der Waals surface area contributed by atoms with Crippen LogP contribution in [0.4, 0.5) is 4.79 Å². The lowest BCUT2D eigenvalue weighted by Crippen LogP contribution is -2.43. The summed E-state index contributed by atoms with van der Waals surface area (Å²) in [6.07, 6.45) is 4.55. The van der Waals surface area contributed by atoms with E-state index in [0.29, 0.717) is 5.82 Å². The third kappa shape index (κ3) is 1.62. The van der Waals surface area contributed by atoms with Crippen LogP contribution in [0.3, 0.4) is 0 Å². The molecule has 17 heavy (non-hydrogen) atoms. The first-order chi connectivity index (χ1) is 8.16. The van der Waals surface area contributed by atoms with Crippen molar-refractivity contribution in [1.29, 1.82) is 0 Å². The number of nitrogens with one attached hydrogen (secondary N) is 1. The van der Waals surface area contributed by atoms with E-state index in [-0.39, 0.29) is 0 Å². The molecule has 0 saturated heterocycles. The first kappa shape index (κ1) is 10.7. The SMILES string of the molecule is O=C(O)N1C=C2N=C3CCCCC3=C(S)N2N1. The first-order valence-electron chi connectivity index (χ1n) is 5.47. The summed E-state index contributed by atoms with van der Waals surface area (Å²) in [6, 6.07) is 0. The molecular formula is C10H12N4O2S. The van der Waals surface area contributed by atoms with Gasteiger partial charge in [-0.3, -0.25) is 0 Å². The lowest BCUT2D eigenvalue weighted by molar-refractivity contribution is 0.119. The van der Waals surface area contributed by atoms with Crippen molar-refractivity contribution in [3.8, 4) is 0 Å². The van der Waals surface area contributed by atoms with Crippen LogP contribution in [0.5, 0.6) is 0 Å². The summed E-state index contributed by atoms with van der Waals surface area (Å²) < 4.78 is 0.